The molecule has 0 saturated heterocycles. The van der Waals surface area contributed by atoms with E-state index in [1.165, 1.54) is 6.07 Å². The molecule has 2 N–H and O–H groups in total. The molecule has 1 rings (SSSR count). The van der Waals surface area contributed by atoms with Gasteiger partial charge in [-0.25, -0.2) is 9.59 Å². The van der Waals surface area contributed by atoms with E-state index in [0.717, 1.165) is 16.2 Å². The second-order valence-corrected chi connectivity index (χ2v) is 5.59. The normalized spacial score (nSPS) is 11.0. The van der Waals surface area contributed by atoms with Crippen LogP contribution in [0.2, 0.25) is 0 Å². The third-order valence-electron chi connectivity index (χ3n) is 1.68. The average molecular weight is 257 g/mol. The van der Waals surface area contributed by atoms with Crippen LogP contribution in [0.15, 0.2) is 12.1 Å². The first-order valence-electron chi connectivity index (χ1n) is 5.07. The van der Waals surface area contributed by atoms with Crippen LogP contribution in [0.1, 0.15) is 35.3 Å². The van der Waals surface area contributed by atoms with Gasteiger partial charge in [0, 0.05) is 4.88 Å². The number of hydrogen-bond donors (Lipinski definition) is 2. The molecule has 0 aromatic carbocycles. The predicted octanol–water partition coefficient (Wildman–Crippen LogP) is 2.47. The third-order valence-corrected chi connectivity index (χ3v) is 2.75. The average Bonchev–Trinajstić information content (AvgIpc) is 2.60. The summed E-state index contributed by atoms with van der Waals surface area (Å²) in [6, 6.07) is 3.19. The highest BCUT2D eigenvalue weighted by Crippen LogP contribution is 2.16. The van der Waals surface area contributed by atoms with Gasteiger partial charge < -0.3 is 15.2 Å². The molecular weight excluding hydrogens is 242 g/mol. The van der Waals surface area contributed by atoms with Crippen LogP contribution in [0, 0.1) is 0 Å². The highest BCUT2D eigenvalue weighted by atomic mass is 32.1. The van der Waals surface area contributed by atoms with Gasteiger partial charge in [-0.3, -0.25) is 0 Å². The molecular formula is C11H15NO4S. The van der Waals surface area contributed by atoms with Crippen molar-refractivity contribution in [3.05, 3.63) is 21.9 Å². The van der Waals surface area contributed by atoms with Crippen molar-refractivity contribution in [2.24, 2.45) is 0 Å². The minimum atomic E-state index is -0.960. The molecule has 6 heteroatoms. The quantitative estimate of drug-likeness (QED) is 0.872. The van der Waals surface area contributed by atoms with E-state index >= 15 is 0 Å². The van der Waals surface area contributed by atoms with E-state index in [1.807, 2.05) is 0 Å². The van der Waals surface area contributed by atoms with Crippen molar-refractivity contribution in [1.82, 2.24) is 5.32 Å². The van der Waals surface area contributed by atoms with Gasteiger partial charge in [-0.05, 0) is 32.9 Å². The lowest BCUT2D eigenvalue weighted by molar-refractivity contribution is 0.0523. The first-order valence-corrected chi connectivity index (χ1v) is 5.88. The Morgan fingerprint density at radius 1 is 1.41 bits per heavy atom. The standard InChI is InChI=1S/C11H15NO4S/c1-11(2,3)16-10(15)12-6-7-4-5-8(17-7)9(13)14/h4-5H,6H2,1-3H3,(H,12,15)(H,13,14). The Labute approximate surface area is 103 Å². The van der Waals surface area contributed by atoms with Crippen molar-refractivity contribution >= 4 is 23.4 Å². The lowest BCUT2D eigenvalue weighted by Crippen LogP contribution is -2.31. The van der Waals surface area contributed by atoms with E-state index in [2.05, 4.69) is 5.32 Å². The molecule has 0 spiro atoms. The number of carbonyl (C=O) groups is 2. The van der Waals surface area contributed by atoms with E-state index in [4.69, 9.17) is 9.84 Å². The van der Waals surface area contributed by atoms with Crippen LogP contribution in [0.25, 0.3) is 0 Å². The first kappa shape index (κ1) is 13.5. The summed E-state index contributed by atoms with van der Waals surface area (Å²) >= 11 is 1.13. The van der Waals surface area contributed by atoms with Crippen molar-refractivity contribution < 1.29 is 19.4 Å². The molecule has 1 heterocycles. The molecule has 0 aliphatic carbocycles. The van der Waals surface area contributed by atoms with E-state index < -0.39 is 17.7 Å². The summed E-state index contributed by atoms with van der Waals surface area (Å²) in [7, 11) is 0. The molecule has 94 valence electrons. The summed E-state index contributed by atoms with van der Waals surface area (Å²) in [6.45, 7) is 5.60. The van der Waals surface area contributed by atoms with Crippen molar-refractivity contribution in [3.8, 4) is 0 Å². The number of carboxylic acids is 1. The van der Waals surface area contributed by atoms with Gasteiger partial charge in [-0.2, -0.15) is 0 Å². The minimum Gasteiger partial charge on any atom is -0.477 e. The van der Waals surface area contributed by atoms with Crippen LogP contribution in [-0.4, -0.2) is 22.8 Å². The van der Waals surface area contributed by atoms with Gasteiger partial charge in [0.1, 0.15) is 10.5 Å². The van der Waals surface area contributed by atoms with Gasteiger partial charge >= 0.3 is 12.1 Å². The van der Waals surface area contributed by atoms with Crippen LogP contribution in [-0.2, 0) is 11.3 Å². The fourth-order valence-electron chi connectivity index (χ4n) is 1.06. The second-order valence-electron chi connectivity index (χ2n) is 4.43. The molecule has 17 heavy (non-hydrogen) atoms. The Bertz CT molecular complexity index is 419. The molecule has 1 aromatic heterocycles. The molecule has 0 aliphatic rings. The van der Waals surface area contributed by atoms with Crippen molar-refractivity contribution in [2.45, 2.75) is 32.9 Å². The topological polar surface area (TPSA) is 75.6 Å². The van der Waals surface area contributed by atoms with Crippen LogP contribution in [0.3, 0.4) is 0 Å². The summed E-state index contributed by atoms with van der Waals surface area (Å²) in [5, 5.41) is 11.3. The second kappa shape index (κ2) is 5.18. The molecule has 0 aliphatic heterocycles. The van der Waals surface area contributed by atoms with Gasteiger partial charge in [-0.1, -0.05) is 0 Å². The van der Waals surface area contributed by atoms with E-state index in [9.17, 15) is 9.59 Å². The Balaban J connectivity index is 2.45. The summed E-state index contributed by atoms with van der Waals surface area (Å²) in [5.74, 6) is -0.960. The molecule has 0 unspecified atom stereocenters. The van der Waals surface area contributed by atoms with Gasteiger partial charge in [0.25, 0.3) is 0 Å². The van der Waals surface area contributed by atoms with Crippen LogP contribution in [0.4, 0.5) is 4.79 Å². The van der Waals surface area contributed by atoms with Crippen molar-refractivity contribution in [1.29, 1.82) is 0 Å². The van der Waals surface area contributed by atoms with E-state index in [1.54, 1.807) is 26.8 Å². The maximum atomic E-state index is 11.3. The fourth-order valence-corrected chi connectivity index (χ4v) is 1.85. The Hall–Kier alpha value is -1.56. The Morgan fingerprint density at radius 2 is 2.06 bits per heavy atom. The number of nitrogens with one attached hydrogen (secondary N) is 1. The molecule has 0 radical (unpaired) electrons. The molecule has 1 aromatic rings. The highest BCUT2D eigenvalue weighted by Gasteiger charge is 2.16. The van der Waals surface area contributed by atoms with Crippen LogP contribution in [0.5, 0.6) is 0 Å². The first-order chi connectivity index (χ1) is 7.78. The number of amides is 1. The van der Waals surface area contributed by atoms with Gasteiger partial charge in [0.2, 0.25) is 0 Å². The molecule has 0 fully saturated rings. The number of ether oxygens (including phenoxy) is 1. The largest absolute Gasteiger partial charge is 0.477 e. The lowest BCUT2D eigenvalue weighted by atomic mass is 10.2. The number of carbonyl (C=O) groups excluding carboxylic acids is 1. The summed E-state index contributed by atoms with van der Waals surface area (Å²) < 4.78 is 5.05. The summed E-state index contributed by atoms with van der Waals surface area (Å²) in [4.78, 5) is 23.0. The maximum absolute atomic E-state index is 11.3. The number of hydrogen-bond acceptors (Lipinski definition) is 4. The van der Waals surface area contributed by atoms with E-state index in [0.29, 0.717) is 0 Å². The van der Waals surface area contributed by atoms with E-state index in [-0.39, 0.29) is 11.4 Å². The van der Waals surface area contributed by atoms with Crippen LogP contribution >= 0.6 is 11.3 Å². The monoisotopic (exact) mass is 257 g/mol. The SMILES string of the molecule is CC(C)(C)OC(=O)NCc1ccc(C(=O)O)s1. The number of alkyl carbamates (subject to hydrolysis) is 1. The van der Waals surface area contributed by atoms with Crippen molar-refractivity contribution in [3.63, 3.8) is 0 Å². The maximum Gasteiger partial charge on any atom is 0.407 e. The third kappa shape index (κ3) is 4.86. The number of thiophene rings is 1. The zero-order valence-electron chi connectivity index (χ0n) is 9.94. The lowest BCUT2D eigenvalue weighted by Gasteiger charge is -2.19. The molecule has 1 amide bonds. The number of carboxylic acid groups (broad SMARTS) is 1. The van der Waals surface area contributed by atoms with Gasteiger partial charge in [0.15, 0.2) is 0 Å². The minimum absolute atomic E-state index is 0.256. The molecule has 0 atom stereocenters. The highest BCUT2D eigenvalue weighted by molar-refractivity contribution is 7.13. The molecule has 5 nitrogen and oxygen atoms in total. The summed E-state index contributed by atoms with van der Waals surface area (Å²) in [6.07, 6.45) is -0.511. The molecule has 0 saturated carbocycles. The smallest absolute Gasteiger partial charge is 0.407 e. The van der Waals surface area contributed by atoms with Crippen LogP contribution < -0.4 is 5.32 Å². The number of rotatable bonds is 3. The fraction of sp³-hybridized carbons (Fsp3) is 0.455. The summed E-state index contributed by atoms with van der Waals surface area (Å²) in [5.41, 5.74) is -0.536. The van der Waals surface area contributed by atoms with Gasteiger partial charge in [0.05, 0.1) is 6.54 Å². The Kier molecular flexibility index (Phi) is 4.11. The predicted molar refractivity (Wildman–Crippen MR) is 64.4 cm³/mol. The zero-order chi connectivity index (χ0) is 13.1. The van der Waals surface area contributed by atoms with Crippen molar-refractivity contribution in [2.75, 3.05) is 0 Å². The van der Waals surface area contributed by atoms with Gasteiger partial charge in [-0.15, -0.1) is 11.3 Å². The number of aromatic carboxylic acids is 1. The Morgan fingerprint density at radius 3 is 2.53 bits per heavy atom. The zero-order valence-corrected chi connectivity index (χ0v) is 10.8. The molecule has 0 bridgehead atoms.